The molecular formula is C23H14ClN3O4. The monoisotopic (exact) mass is 431 g/mol. The van der Waals surface area contributed by atoms with Crippen LogP contribution in [0.3, 0.4) is 0 Å². The van der Waals surface area contributed by atoms with Crippen LogP contribution in [-0.4, -0.2) is 25.7 Å². The van der Waals surface area contributed by atoms with Gasteiger partial charge >= 0.3 is 0 Å². The van der Waals surface area contributed by atoms with E-state index in [1.807, 2.05) is 6.07 Å². The zero-order chi connectivity index (χ0) is 22.0. The molecule has 0 radical (unpaired) electrons. The van der Waals surface area contributed by atoms with Crippen LogP contribution >= 0.6 is 11.6 Å². The molecule has 1 heterocycles. The van der Waals surface area contributed by atoms with Gasteiger partial charge in [-0.25, -0.2) is 4.68 Å². The highest BCUT2D eigenvalue weighted by atomic mass is 35.5. The molecule has 0 unspecified atom stereocenters. The van der Waals surface area contributed by atoms with E-state index in [2.05, 4.69) is 5.10 Å². The first-order valence-electron chi connectivity index (χ1n) is 9.20. The highest BCUT2D eigenvalue weighted by molar-refractivity contribution is 6.68. The van der Waals surface area contributed by atoms with Gasteiger partial charge in [0.15, 0.2) is 11.5 Å². The average molecular weight is 432 g/mol. The molecular weight excluding hydrogens is 418 g/mol. The molecule has 1 aromatic heterocycles. The number of ketones is 1. The van der Waals surface area contributed by atoms with E-state index in [-0.39, 0.29) is 16.9 Å². The van der Waals surface area contributed by atoms with Crippen LogP contribution in [0.25, 0.3) is 16.9 Å². The average Bonchev–Trinajstić information content (AvgIpc) is 3.21. The van der Waals surface area contributed by atoms with Crippen LogP contribution < -0.4 is 0 Å². The number of hydrogen-bond acceptors (Lipinski definition) is 5. The van der Waals surface area contributed by atoms with Gasteiger partial charge in [-0.05, 0) is 17.7 Å². The molecule has 0 fully saturated rings. The van der Waals surface area contributed by atoms with Gasteiger partial charge in [-0.2, -0.15) is 5.10 Å². The highest BCUT2D eigenvalue weighted by Crippen LogP contribution is 2.32. The second-order valence-corrected chi connectivity index (χ2v) is 6.94. The van der Waals surface area contributed by atoms with Crippen LogP contribution in [0.2, 0.25) is 0 Å². The van der Waals surface area contributed by atoms with E-state index in [9.17, 15) is 19.7 Å². The molecule has 0 aliphatic rings. The topological polar surface area (TPSA) is 95.1 Å². The first kappa shape index (κ1) is 20.2. The maximum atomic E-state index is 13.4. The lowest BCUT2D eigenvalue weighted by Gasteiger charge is -2.10. The van der Waals surface area contributed by atoms with Crippen molar-refractivity contribution < 1.29 is 14.5 Å². The molecule has 3 aromatic carbocycles. The summed E-state index contributed by atoms with van der Waals surface area (Å²) >= 11 is 5.81. The molecule has 0 saturated heterocycles. The number of benzene rings is 3. The predicted octanol–water partition coefficient (Wildman–Crippen LogP) is 5.06. The Morgan fingerprint density at radius 3 is 2.16 bits per heavy atom. The summed E-state index contributed by atoms with van der Waals surface area (Å²) in [6, 6.07) is 23.1. The molecule has 0 N–H and O–H groups in total. The minimum Gasteiger partial charge on any atom is -0.288 e. The van der Waals surface area contributed by atoms with E-state index in [0.29, 0.717) is 22.5 Å². The largest absolute Gasteiger partial charge is 0.288 e. The quantitative estimate of drug-likeness (QED) is 0.184. The maximum absolute atomic E-state index is 13.4. The van der Waals surface area contributed by atoms with Crippen molar-refractivity contribution in [2.24, 2.45) is 0 Å². The Kier molecular flexibility index (Phi) is 5.43. The highest BCUT2D eigenvalue weighted by Gasteiger charge is 2.29. The normalized spacial score (nSPS) is 10.6. The smallest absolute Gasteiger partial charge is 0.273 e. The minimum absolute atomic E-state index is 0.0314. The summed E-state index contributed by atoms with van der Waals surface area (Å²) in [6.07, 6.45) is 0. The van der Waals surface area contributed by atoms with Crippen molar-refractivity contribution in [1.82, 2.24) is 9.78 Å². The summed E-state index contributed by atoms with van der Waals surface area (Å²) in [5, 5.41) is 14.7. The molecule has 31 heavy (non-hydrogen) atoms. The number of carbonyl (C=O) groups is 2. The Bertz CT molecular complexity index is 1300. The van der Waals surface area contributed by atoms with Crippen molar-refractivity contribution in [3.05, 3.63) is 112 Å². The maximum Gasteiger partial charge on any atom is 0.273 e. The molecule has 7 nitrogen and oxygen atoms in total. The summed E-state index contributed by atoms with van der Waals surface area (Å²) in [7, 11) is 0. The van der Waals surface area contributed by atoms with Crippen LogP contribution in [-0.2, 0) is 0 Å². The Balaban J connectivity index is 2.05. The third kappa shape index (κ3) is 3.86. The number of rotatable bonds is 6. The Morgan fingerprint density at radius 2 is 1.55 bits per heavy atom. The lowest BCUT2D eigenvalue weighted by molar-refractivity contribution is -0.384. The number of halogens is 1. The Hall–Kier alpha value is -4.10. The Morgan fingerprint density at radius 1 is 0.903 bits per heavy atom. The molecule has 0 aliphatic heterocycles. The van der Waals surface area contributed by atoms with E-state index in [0.717, 1.165) is 0 Å². The van der Waals surface area contributed by atoms with Gasteiger partial charge in [0.1, 0.15) is 0 Å². The fourth-order valence-electron chi connectivity index (χ4n) is 3.29. The van der Waals surface area contributed by atoms with Gasteiger partial charge in [0.25, 0.3) is 10.9 Å². The van der Waals surface area contributed by atoms with Crippen LogP contribution in [0.1, 0.15) is 26.4 Å². The Labute approximate surface area is 181 Å². The molecule has 4 aromatic rings. The summed E-state index contributed by atoms with van der Waals surface area (Å²) < 4.78 is 1.34. The molecule has 0 spiro atoms. The number of carbonyl (C=O) groups excluding carboxylic acids is 2. The van der Waals surface area contributed by atoms with E-state index < -0.39 is 15.9 Å². The zero-order valence-electron chi connectivity index (χ0n) is 15.9. The van der Waals surface area contributed by atoms with Crippen molar-refractivity contribution in [2.75, 3.05) is 0 Å². The first-order chi connectivity index (χ1) is 15.0. The summed E-state index contributed by atoms with van der Waals surface area (Å²) in [5.41, 5.74) is 1.26. The van der Waals surface area contributed by atoms with Crippen LogP contribution in [0.4, 0.5) is 5.69 Å². The summed E-state index contributed by atoms with van der Waals surface area (Å²) in [5.74, 6) is -0.430. The third-order valence-electron chi connectivity index (χ3n) is 4.67. The standard InChI is InChI=1S/C23H14ClN3O4/c24-23(29)20-19(22(28)16-10-5-2-6-11-16)21(15-8-3-1-4-9-15)26(25-20)17-12-7-13-18(14-17)27(30)31/h1-14H. The predicted molar refractivity (Wildman–Crippen MR) is 116 cm³/mol. The fraction of sp³-hybridized carbons (Fsp3) is 0. The molecule has 4 rings (SSSR count). The van der Waals surface area contributed by atoms with Crippen molar-refractivity contribution >= 4 is 28.3 Å². The first-order valence-corrected chi connectivity index (χ1v) is 9.58. The van der Waals surface area contributed by atoms with E-state index in [4.69, 9.17) is 11.6 Å². The van der Waals surface area contributed by atoms with Gasteiger partial charge in [0.05, 0.1) is 21.9 Å². The van der Waals surface area contributed by atoms with E-state index in [1.54, 1.807) is 60.7 Å². The molecule has 0 bridgehead atoms. The van der Waals surface area contributed by atoms with Gasteiger partial charge < -0.3 is 0 Å². The van der Waals surface area contributed by atoms with Crippen molar-refractivity contribution in [3.8, 4) is 16.9 Å². The number of non-ortho nitro benzene ring substituents is 1. The molecule has 152 valence electrons. The molecule has 0 amide bonds. The van der Waals surface area contributed by atoms with Crippen LogP contribution in [0, 0.1) is 10.1 Å². The molecule has 0 saturated carbocycles. The molecule has 0 atom stereocenters. The van der Waals surface area contributed by atoms with Crippen LogP contribution in [0.15, 0.2) is 84.9 Å². The van der Waals surface area contributed by atoms with Crippen molar-refractivity contribution in [2.45, 2.75) is 0 Å². The van der Waals surface area contributed by atoms with Gasteiger partial charge in [-0.3, -0.25) is 19.7 Å². The lowest BCUT2D eigenvalue weighted by Crippen LogP contribution is -2.07. The van der Waals surface area contributed by atoms with Crippen molar-refractivity contribution in [3.63, 3.8) is 0 Å². The van der Waals surface area contributed by atoms with Crippen LogP contribution in [0.5, 0.6) is 0 Å². The lowest BCUT2D eigenvalue weighted by atomic mass is 9.97. The summed E-state index contributed by atoms with van der Waals surface area (Å²) in [6.45, 7) is 0. The number of aromatic nitrogens is 2. The van der Waals surface area contributed by atoms with E-state index >= 15 is 0 Å². The van der Waals surface area contributed by atoms with Gasteiger partial charge in [-0.15, -0.1) is 0 Å². The fourth-order valence-corrected chi connectivity index (χ4v) is 3.42. The second-order valence-electron chi connectivity index (χ2n) is 6.60. The number of nitrogens with zero attached hydrogens (tertiary/aromatic N) is 3. The minimum atomic E-state index is -0.902. The SMILES string of the molecule is O=C(Cl)c1nn(-c2cccc([N+](=O)[O-])c2)c(-c2ccccc2)c1C(=O)c1ccccc1. The number of hydrogen-bond donors (Lipinski definition) is 0. The summed E-state index contributed by atoms with van der Waals surface area (Å²) in [4.78, 5) is 36.4. The van der Waals surface area contributed by atoms with Crippen molar-refractivity contribution in [1.29, 1.82) is 0 Å². The van der Waals surface area contributed by atoms with Gasteiger partial charge in [-0.1, -0.05) is 66.7 Å². The second kappa shape index (κ2) is 8.33. The number of nitro groups is 1. The molecule has 8 heteroatoms. The van der Waals surface area contributed by atoms with Gasteiger partial charge in [0, 0.05) is 23.3 Å². The third-order valence-corrected chi connectivity index (χ3v) is 4.85. The number of nitro benzene ring substituents is 1. The van der Waals surface area contributed by atoms with Gasteiger partial charge in [0.2, 0.25) is 0 Å². The zero-order valence-corrected chi connectivity index (χ0v) is 16.7. The van der Waals surface area contributed by atoms with E-state index in [1.165, 1.54) is 22.9 Å². The molecule has 0 aliphatic carbocycles.